The van der Waals surface area contributed by atoms with Gasteiger partial charge in [-0.05, 0) is 44.9 Å². The fraction of sp³-hybridized carbons (Fsp3) is 0.600. The number of benzene rings is 1. The van der Waals surface area contributed by atoms with Gasteiger partial charge in [-0.2, -0.15) is 0 Å². The van der Waals surface area contributed by atoms with Gasteiger partial charge >= 0.3 is 5.97 Å². The zero-order valence-electron chi connectivity index (χ0n) is 16.7. The SMILES string of the molecule is CCCCC(C)(OC)C(=O)Nc1ccc(OC(C)CC)c(C(=O)OC)c1. The Hall–Kier alpha value is -2.08. The minimum atomic E-state index is -0.923. The summed E-state index contributed by atoms with van der Waals surface area (Å²) in [6, 6.07) is 4.94. The maximum absolute atomic E-state index is 12.6. The van der Waals surface area contributed by atoms with Crippen LogP contribution in [0.25, 0.3) is 0 Å². The molecule has 26 heavy (non-hydrogen) atoms. The zero-order valence-corrected chi connectivity index (χ0v) is 16.7. The van der Waals surface area contributed by atoms with Crippen molar-refractivity contribution in [1.29, 1.82) is 0 Å². The summed E-state index contributed by atoms with van der Waals surface area (Å²) in [4.78, 5) is 24.7. The van der Waals surface area contributed by atoms with E-state index in [2.05, 4.69) is 12.2 Å². The van der Waals surface area contributed by atoms with E-state index in [0.29, 0.717) is 17.9 Å². The van der Waals surface area contributed by atoms with Gasteiger partial charge in [-0.15, -0.1) is 0 Å². The number of amides is 1. The van der Waals surface area contributed by atoms with E-state index in [1.807, 2.05) is 13.8 Å². The van der Waals surface area contributed by atoms with Crippen LogP contribution >= 0.6 is 0 Å². The van der Waals surface area contributed by atoms with Crippen LogP contribution in [0, 0.1) is 0 Å². The van der Waals surface area contributed by atoms with Crippen LogP contribution < -0.4 is 10.1 Å². The van der Waals surface area contributed by atoms with Crippen LogP contribution in [0.3, 0.4) is 0 Å². The summed E-state index contributed by atoms with van der Waals surface area (Å²) < 4.78 is 16.1. The first-order valence-electron chi connectivity index (χ1n) is 9.06. The number of carbonyl (C=O) groups is 2. The molecule has 1 amide bonds. The van der Waals surface area contributed by atoms with Crippen molar-refractivity contribution in [3.05, 3.63) is 23.8 Å². The molecule has 1 aromatic rings. The summed E-state index contributed by atoms with van der Waals surface area (Å²) in [6.45, 7) is 7.75. The number of ether oxygens (including phenoxy) is 3. The third-order valence-electron chi connectivity index (χ3n) is 4.48. The molecule has 0 radical (unpaired) electrons. The molecule has 0 saturated carbocycles. The molecular formula is C20H31NO5. The molecule has 0 aliphatic rings. The first-order chi connectivity index (χ1) is 12.3. The summed E-state index contributed by atoms with van der Waals surface area (Å²) in [7, 11) is 2.84. The van der Waals surface area contributed by atoms with E-state index in [4.69, 9.17) is 14.2 Å². The number of unbranched alkanes of at least 4 members (excludes halogenated alkanes) is 1. The summed E-state index contributed by atoms with van der Waals surface area (Å²) in [5.74, 6) is -0.329. The second-order valence-corrected chi connectivity index (χ2v) is 6.53. The fourth-order valence-electron chi connectivity index (χ4n) is 2.37. The van der Waals surface area contributed by atoms with Crippen molar-refractivity contribution >= 4 is 17.6 Å². The second-order valence-electron chi connectivity index (χ2n) is 6.53. The van der Waals surface area contributed by atoms with Gasteiger partial charge in [-0.25, -0.2) is 4.79 Å². The van der Waals surface area contributed by atoms with E-state index < -0.39 is 11.6 Å². The summed E-state index contributed by atoms with van der Waals surface area (Å²) in [6.07, 6.45) is 3.24. The van der Waals surface area contributed by atoms with Crippen molar-refractivity contribution in [2.75, 3.05) is 19.5 Å². The van der Waals surface area contributed by atoms with Crippen LogP contribution in [0.1, 0.15) is 63.7 Å². The predicted molar refractivity (Wildman–Crippen MR) is 102 cm³/mol. The molecule has 0 aliphatic heterocycles. The van der Waals surface area contributed by atoms with Gasteiger partial charge in [0, 0.05) is 12.8 Å². The average Bonchev–Trinajstić information content (AvgIpc) is 2.66. The maximum Gasteiger partial charge on any atom is 0.341 e. The normalized spacial score (nSPS) is 14.2. The Bertz CT molecular complexity index is 616. The number of carbonyl (C=O) groups excluding carboxylic acids is 2. The van der Waals surface area contributed by atoms with Gasteiger partial charge < -0.3 is 19.5 Å². The smallest absolute Gasteiger partial charge is 0.341 e. The molecule has 1 aromatic carbocycles. The van der Waals surface area contributed by atoms with E-state index in [0.717, 1.165) is 19.3 Å². The number of hydrogen-bond acceptors (Lipinski definition) is 5. The van der Waals surface area contributed by atoms with Crippen LogP contribution in [-0.4, -0.2) is 37.8 Å². The van der Waals surface area contributed by atoms with Gasteiger partial charge in [0.05, 0.1) is 13.2 Å². The van der Waals surface area contributed by atoms with Crippen molar-refractivity contribution in [3.63, 3.8) is 0 Å². The van der Waals surface area contributed by atoms with Crippen LogP contribution in [0.15, 0.2) is 18.2 Å². The first kappa shape index (κ1) is 22.0. The Morgan fingerprint density at radius 2 is 1.92 bits per heavy atom. The Balaban J connectivity index is 3.06. The van der Waals surface area contributed by atoms with Gasteiger partial charge in [0.2, 0.25) is 0 Å². The van der Waals surface area contributed by atoms with Gasteiger partial charge in [0.1, 0.15) is 16.9 Å². The van der Waals surface area contributed by atoms with E-state index >= 15 is 0 Å². The molecule has 0 aliphatic carbocycles. The molecule has 6 heteroatoms. The highest BCUT2D eigenvalue weighted by Gasteiger charge is 2.32. The third-order valence-corrected chi connectivity index (χ3v) is 4.48. The molecular weight excluding hydrogens is 334 g/mol. The maximum atomic E-state index is 12.6. The monoisotopic (exact) mass is 365 g/mol. The topological polar surface area (TPSA) is 73.9 Å². The van der Waals surface area contributed by atoms with Crippen LogP contribution in [0.2, 0.25) is 0 Å². The lowest BCUT2D eigenvalue weighted by molar-refractivity contribution is -0.136. The quantitative estimate of drug-likeness (QED) is 0.630. The molecule has 0 bridgehead atoms. The highest BCUT2D eigenvalue weighted by Crippen LogP contribution is 2.27. The molecule has 0 aromatic heterocycles. The number of hydrogen-bond donors (Lipinski definition) is 1. The summed E-state index contributed by atoms with van der Waals surface area (Å²) >= 11 is 0. The van der Waals surface area contributed by atoms with E-state index in [1.165, 1.54) is 14.2 Å². The van der Waals surface area contributed by atoms with Gasteiger partial charge in [0.15, 0.2) is 0 Å². The molecule has 0 saturated heterocycles. The van der Waals surface area contributed by atoms with E-state index in [-0.39, 0.29) is 17.6 Å². The van der Waals surface area contributed by atoms with Gasteiger partial charge in [-0.1, -0.05) is 26.7 Å². The summed E-state index contributed by atoms with van der Waals surface area (Å²) in [5.41, 5.74) is -0.155. The molecule has 0 fully saturated rings. The highest BCUT2D eigenvalue weighted by molar-refractivity contribution is 5.99. The van der Waals surface area contributed by atoms with Crippen molar-refractivity contribution in [3.8, 4) is 5.75 Å². The average molecular weight is 365 g/mol. The molecule has 6 nitrogen and oxygen atoms in total. The molecule has 146 valence electrons. The Morgan fingerprint density at radius 1 is 1.23 bits per heavy atom. The zero-order chi connectivity index (χ0) is 19.7. The molecule has 2 unspecified atom stereocenters. The Kier molecular flexibility index (Phi) is 8.58. The number of anilines is 1. The van der Waals surface area contributed by atoms with Crippen LogP contribution in [-0.2, 0) is 14.3 Å². The standard InChI is InChI=1S/C20H31NO5/c1-7-9-12-20(4,25-6)19(23)21-15-10-11-17(26-14(3)8-2)16(13-15)18(22)24-5/h10-11,13-14H,7-9,12H2,1-6H3,(H,21,23). The second kappa shape index (κ2) is 10.2. The molecule has 2 atom stereocenters. The molecule has 1 rings (SSSR count). The van der Waals surface area contributed by atoms with Crippen LogP contribution in [0.5, 0.6) is 5.75 Å². The van der Waals surface area contributed by atoms with E-state index in [9.17, 15) is 9.59 Å². The molecule has 0 spiro atoms. The first-order valence-corrected chi connectivity index (χ1v) is 9.06. The number of nitrogens with one attached hydrogen (secondary N) is 1. The molecule has 1 N–H and O–H groups in total. The number of methoxy groups -OCH3 is 2. The lowest BCUT2D eigenvalue weighted by Gasteiger charge is -2.27. The van der Waals surface area contributed by atoms with Crippen molar-refractivity contribution in [2.24, 2.45) is 0 Å². The minimum absolute atomic E-state index is 0.0373. The largest absolute Gasteiger partial charge is 0.490 e. The number of rotatable bonds is 10. The van der Waals surface area contributed by atoms with E-state index in [1.54, 1.807) is 25.1 Å². The Morgan fingerprint density at radius 3 is 2.46 bits per heavy atom. The fourth-order valence-corrected chi connectivity index (χ4v) is 2.37. The third kappa shape index (κ3) is 5.73. The van der Waals surface area contributed by atoms with Crippen molar-refractivity contribution in [2.45, 2.75) is 65.1 Å². The lowest BCUT2D eigenvalue weighted by Crippen LogP contribution is -2.42. The summed E-state index contributed by atoms with van der Waals surface area (Å²) in [5, 5.41) is 2.83. The number of esters is 1. The van der Waals surface area contributed by atoms with Crippen LogP contribution in [0.4, 0.5) is 5.69 Å². The van der Waals surface area contributed by atoms with Crippen molar-refractivity contribution in [1.82, 2.24) is 0 Å². The minimum Gasteiger partial charge on any atom is -0.490 e. The highest BCUT2D eigenvalue weighted by atomic mass is 16.5. The lowest BCUT2D eigenvalue weighted by atomic mass is 9.97. The van der Waals surface area contributed by atoms with Gasteiger partial charge in [-0.3, -0.25) is 4.79 Å². The van der Waals surface area contributed by atoms with Crippen molar-refractivity contribution < 1.29 is 23.8 Å². The Labute approximate surface area is 156 Å². The van der Waals surface area contributed by atoms with Gasteiger partial charge in [0.25, 0.3) is 5.91 Å². The molecule has 0 heterocycles. The predicted octanol–water partition coefficient (Wildman–Crippen LogP) is 4.18.